The lowest BCUT2D eigenvalue weighted by molar-refractivity contribution is 0.124. The third-order valence-corrected chi connectivity index (χ3v) is 7.38. The standard InChI is InChI=1S/C23H31N3O4S/c1-17-14-22(23(24-15-17)25(3)16-18(2)29-4)31(27,28)26-12-10-20(11-13-26)19-6-8-21(30-5)9-7-19/h6-10,14-15,18H,11-13,16H2,1-5H3. The molecule has 1 atom stereocenters. The van der Waals surface area contributed by atoms with Crippen molar-refractivity contribution in [1.29, 1.82) is 0 Å². The SMILES string of the molecule is COc1ccc(C2=CCN(S(=O)(=O)c3cc(C)cnc3N(C)CC(C)OC)CC2)cc1. The number of ether oxygens (including phenoxy) is 2. The number of nitrogens with zero attached hydrogens (tertiary/aromatic N) is 3. The molecular formula is C23H31N3O4S. The van der Waals surface area contributed by atoms with E-state index in [4.69, 9.17) is 9.47 Å². The molecule has 0 radical (unpaired) electrons. The highest BCUT2D eigenvalue weighted by atomic mass is 32.2. The van der Waals surface area contributed by atoms with Crippen molar-refractivity contribution in [1.82, 2.24) is 9.29 Å². The molecule has 0 aliphatic carbocycles. The lowest BCUT2D eigenvalue weighted by atomic mass is 10.0. The van der Waals surface area contributed by atoms with Crippen molar-refractivity contribution in [3.63, 3.8) is 0 Å². The van der Waals surface area contributed by atoms with Crippen molar-refractivity contribution in [3.8, 4) is 5.75 Å². The van der Waals surface area contributed by atoms with Gasteiger partial charge in [0.25, 0.3) is 0 Å². The Balaban J connectivity index is 1.85. The summed E-state index contributed by atoms with van der Waals surface area (Å²) in [6, 6.07) is 9.54. The third-order valence-electron chi connectivity index (χ3n) is 5.52. The second-order valence-electron chi connectivity index (χ2n) is 7.83. The van der Waals surface area contributed by atoms with E-state index in [1.165, 1.54) is 4.31 Å². The number of hydrogen-bond donors (Lipinski definition) is 0. The molecule has 8 heteroatoms. The number of methoxy groups -OCH3 is 2. The Morgan fingerprint density at radius 1 is 1.23 bits per heavy atom. The summed E-state index contributed by atoms with van der Waals surface area (Å²) in [5.74, 6) is 1.25. The summed E-state index contributed by atoms with van der Waals surface area (Å²) in [6.07, 6.45) is 4.29. The first kappa shape index (κ1) is 23.2. The van der Waals surface area contributed by atoms with E-state index in [2.05, 4.69) is 4.98 Å². The van der Waals surface area contributed by atoms with Gasteiger partial charge in [0, 0.05) is 40.0 Å². The maximum absolute atomic E-state index is 13.5. The molecule has 0 bridgehead atoms. The van der Waals surface area contributed by atoms with Crippen molar-refractivity contribution in [2.45, 2.75) is 31.3 Å². The number of hydrogen-bond acceptors (Lipinski definition) is 6. The number of aromatic nitrogens is 1. The van der Waals surface area contributed by atoms with Gasteiger partial charge in [-0.15, -0.1) is 0 Å². The zero-order valence-electron chi connectivity index (χ0n) is 18.8. The van der Waals surface area contributed by atoms with Crippen LogP contribution in [0, 0.1) is 6.92 Å². The first-order valence-corrected chi connectivity index (χ1v) is 11.7. The quantitative estimate of drug-likeness (QED) is 0.621. The molecule has 1 unspecified atom stereocenters. The number of benzene rings is 1. The summed E-state index contributed by atoms with van der Waals surface area (Å²) < 4.78 is 39.1. The van der Waals surface area contributed by atoms with E-state index in [1.54, 1.807) is 26.5 Å². The van der Waals surface area contributed by atoms with E-state index >= 15 is 0 Å². The Bertz CT molecular complexity index is 1040. The summed E-state index contributed by atoms with van der Waals surface area (Å²) in [5.41, 5.74) is 3.04. The van der Waals surface area contributed by atoms with Crippen molar-refractivity contribution >= 4 is 21.4 Å². The van der Waals surface area contributed by atoms with Gasteiger partial charge < -0.3 is 14.4 Å². The van der Waals surface area contributed by atoms with Gasteiger partial charge in [-0.3, -0.25) is 0 Å². The molecule has 0 amide bonds. The van der Waals surface area contributed by atoms with Crippen LogP contribution in [-0.2, 0) is 14.8 Å². The first-order valence-electron chi connectivity index (χ1n) is 10.3. The monoisotopic (exact) mass is 445 g/mol. The van der Waals surface area contributed by atoms with Crippen LogP contribution < -0.4 is 9.64 Å². The minimum atomic E-state index is -3.70. The summed E-state index contributed by atoms with van der Waals surface area (Å²) in [4.78, 5) is 6.51. The largest absolute Gasteiger partial charge is 0.497 e. The highest BCUT2D eigenvalue weighted by Crippen LogP contribution is 2.30. The molecule has 2 aromatic rings. The Morgan fingerprint density at radius 3 is 2.52 bits per heavy atom. The zero-order chi connectivity index (χ0) is 22.6. The first-order chi connectivity index (χ1) is 14.8. The fourth-order valence-electron chi connectivity index (χ4n) is 3.63. The van der Waals surface area contributed by atoms with Crippen LogP contribution in [0.1, 0.15) is 24.5 Å². The molecule has 0 N–H and O–H groups in total. The van der Waals surface area contributed by atoms with Crippen molar-refractivity contribution in [2.24, 2.45) is 0 Å². The number of pyridine rings is 1. The van der Waals surface area contributed by atoms with Gasteiger partial charge in [0.1, 0.15) is 16.5 Å². The minimum absolute atomic E-state index is 0.0476. The van der Waals surface area contributed by atoms with Gasteiger partial charge in [0.15, 0.2) is 0 Å². The number of anilines is 1. The fraction of sp³-hybridized carbons (Fsp3) is 0.435. The predicted molar refractivity (Wildman–Crippen MR) is 123 cm³/mol. The van der Waals surface area contributed by atoms with E-state index in [1.807, 2.05) is 56.1 Å². The van der Waals surface area contributed by atoms with E-state index in [9.17, 15) is 8.42 Å². The normalized spacial score (nSPS) is 16.0. The highest BCUT2D eigenvalue weighted by molar-refractivity contribution is 7.89. The molecule has 1 aliphatic rings. The van der Waals surface area contributed by atoms with Gasteiger partial charge in [-0.05, 0) is 55.2 Å². The van der Waals surface area contributed by atoms with Crippen LogP contribution in [0.5, 0.6) is 5.75 Å². The van der Waals surface area contributed by atoms with E-state index in [0.717, 1.165) is 22.4 Å². The van der Waals surface area contributed by atoms with Crippen LogP contribution in [0.4, 0.5) is 5.82 Å². The molecule has 0 fully saturated rings. The average molecular weight is 446 g/mol. The Hall–Kier alpha value is -2.42. The molecule has 31 heavy (non-hydrogen) atoms. The zero-order valence-corrected chi connectivity index (χ0v) is 19.6. The smallest absolute Gasteiger partial charge is 0.247 e. The van der Waals surface area contributed by atoms with Gasteiger partial charge in [0.05, 0.1) is 13.2 Å². The topological polar surface area (TPSA) is 72.0 Å². The fourth-order valence-corrected chi connectivity index (χ4v) is 5.29. The molecule has 7 nitrogen and oxygen atoms in total. The molecule has 0 spiro atoms. The summed E-state index contributed by atoms with van der Waals surface area (Å²) in [5, 5.41) is 0. The number of likely N-dealkylation sites (N-methyl/N-ethyl adjacent to an activating group) is 1. The molecule has 2 heterocycles. The van der Waals surface area contributed by atoms with Gasteiger partial charge in [0.2, 0.25) is 10.0 Å². The van der Waals surface area contributed by atoms with Gasteiger partial charge >= 0.3 is 0 Å². The third kappa shape index (κ3) is 5.26. The van der Waals surface area contributed by atoms with Gasteiger partial charge in [-0.25, -0.2) is 13.4 Å². The Kier molecular flexibility index (Phi) is 7.35. The Morgan fingerprint density at radius 2 is 1.94 bits per heavy atom. The predicted octanol–water partition coefficient (Wildman–Crippen LogP) is 3.35. The van der Waals surface area contributed by atoms with Crippen molar-refractivity contribution in [3.05, 3.63) is 53.7 Å². The molecule has 168 valence electrons. The van der Waals surface area contributed by atoms with E-state index in [0.29, 0.717) is 31.9 Å². The molecule has 1 aliphatic heterocycles. The average Bonchev–Trinajstić information content (AvgIpc) is 2.79. The minimum Gasteiger partial charge on any atom is -0.497 e. The van der Waals surface area contributed by atoms with Gasteiger partial charge in [-0.2, -0.15) is 4.31 Å². The van der Waals surface area contributed by atoms with Crippen LogP contribution in [0.2, 0.25) is 0 Å². The number of rotatable bonds is 8. The van der Waals surface area contributed by atoms with Crippen LogP contribution in [0.15, 0.2) is 47.5 Å². The van der Waals surface area contributed by atoms with Gasteiger partial charge in [-0.1, -0.05) is 18.2 Å². The van der Waals surface area contributed by atoms with Crippen LogP contribution in [0.25, 0.3) is 5.57 Å². The summed E-state index contributed by atoms with van der Waals surface area (Å²) in [6.45, 7) is 5.08. The highest BCUT2D eigenvalue weighted by Gasteiger charge is 2.30. The van der Waals surface area contributed by atoms with Crippen LogP contribution in [-0.4, -0.2) is 64.7 Å². The van der Waals surface area contributed by atoms with Crippen molar-refractivity contribution < 1.29 is 17.9 Å². The summed E-state index contributed by atoms with van der Waals surface area (Å²) >= 11 is 0. The number of aryl methyl sites for hydroxylation is 1. The van der Waals surface area contributed by atoms with E-state index in [-0.39, 0.29) is 11.0 Å². The molecule has 1 aromatic carbocycles. The second-order valence-corrected chi connectivity index (χ2v) is 9.74. The number of sulfonamides is 1. The molecule has 1 aromatic heterocycles. The van der Waals surface area contributed by atoms with E-state index < -0.39 is 10.0 Å². The molecular weight excluding hydrogens is 414 g/mol. The summed E-state index contributed by atoms with van der Waals surface area (Å²) in [7, 11) is 1.42. The van der Waals surface area contributed by atoms with Crippen LogP contribution in [0.3, 0.4) is 0 Å². The lowest BCUT2D eigenvalue weighted by Crippen LogP contribution is -2.37. The maximum atomic E-state index is 13.5. The molecule has 0 saturated carbocycles. The molecule has 0 saturated heterocycles. The Labute approximate surface area is 185 Å². The maximum Gasteiger partial charge on any atom is 0.247 e. The molecule has 3 rings (SSSR count). The lowest BCUT2D eigenvalue weighted by Gasteiger charge is -2.29. The van der Waals surface area contributed by atoms with Crippen molar-refractivity contribution in [2.75, 3.05) is 45.8 Å². The van der Waals surface area contributed by atoms with Crippen LogP contribution >= 0.6 is 0 Å². The second kappa shape index (κ2) is 9.80.